The number of carbonyl (C=O) groups excluding carboxylic acids is 2. The Kier molecular flexibility index (Phi) is 4.39. The molecule has 1 atom stereocenters. The summed E-state index contributed by atoms with van der Waals surface area (Å²) in [5.74, 6) is -4.37. The minimum Gasteiger partial charge on any atom is -0.481 e. The van der Waals surface area contributed by atoms with Gasteiger partial charge in [-0.25, -0.2) is 4.79 Å². The van der Waals surface area contributed by atoms with Crippen molar-refractivity contribution < 1.29 is 29.4 Å². The molecule has 1 aliphatic rings. The molecule has 0 unspecified atom stereocenters. The smallest absolute Gasteiger partial charge is 0.326 e. The molecule has 0 aliphatic carbocycles. The normalized spacial score (nSPS) is 14.9. The van der Waals surface area contributed by atoms with Gasteiger partial charge in [-0.05, 0) is 18.6 Å². The predicted octanol–water partition coefficient (Wildman–Crippen LogP) is 1.91. The quantitative estimate of drug-likeness (QED) is 0.788. The van der Waals surface area contributed by atoms with Crippen molar-refractivity contribution >= 4 is 47.0 Å². The fourth-order valence-electron chi connectivity index (χ4n) is 2.16. The number of imide groups is 1. The predicted molar refractivity (Wildman–Crippen MR) is 75.3 cm³/mol. The van der Waals surface area contributed by atoms with Crippen LogP contribution >= 0.6 is 23.2 Å². The maximum absolute atomic E-state index is 12.3. The van der Waals surface area contributed by atoms with E-state index in [0.29, 0.717) is 4.90 Å². The van der Waals surface area contributed by atoms with Crippen molar-refractivity contribution in [3.63, 3.8) is 0 Å². The first-order chi connectivity index (χ1) is 10.2. The summed E-state index contributed by atoms with van der Waals surface area (Å²) in [6.45, 7) is 0. The number of carboxylic acid groups (broad SMARTS) is 2. The Morgan fingerprint density at radius 1 is 1.05 bits per heavy atom. The van der Waals surface area contributed by atoms with Crippen molar-refractivity contribution in [2.75, 3.05) is 0 Å². The molecule has 22 heavy (non-hydrogen) atoms. The first-order valence-corrected chi connectivity index (χ1v) is 6.81. The van der Waals surface area contributed by atoms with Crippen molar-refractivity contribution in [1.82, 2.24) is 4.90 Å². The summed E-state index contributed by atoms with van der Waals surface area (Å²) in [5.41, 5.74) is -0.109. The van der Waals surface area contributed by atoms with Crippen LogP contribution in [0.5, 0.6) is 0 Å². The highest BCUT2D eigenvalue weighted by molar-refractivity contribution is 6.43. The van der Waals surface area contributed by atoms with Gasteiger partial charge in [-0.15, -0.1) is 0 Å². The molecule has 2 amide bonds. The number of benzene rings is 1. The highest BCUT2D eigenvalue weighted by Gasteiger charge is 2.43. The zero-order chi connectivity index (χ0) is 16.6. The highest BCUT2D eigenvalue weighted by atomic mass is 35.5. The molecule has 1 aromatic carbocycles. The summed E-state index contributed by atoms with van der Waals surface area (Å²) >= 11 is 11.6. The summed E-state index contributed by atoms with van der Waals surface area (Å²) in [6, 6.07) is 0.812. The standard InChI is InChI=1S/C13H9Cl2NO6/c14-7-3-5-6(4-8(7)15)12(20)16(11(5)19)9(13(21)22)1-2-10(17)18/h3-4,9H,1-2H2,(H,17,18)(H,21,22)/t9-/m1/s1. The molecule has 7 nitrogen and oxygen atoms in total. The van der Waals surface area contributed by atoms with Gasteiger partial charge in [0.25, 0.3) is 11.8 Å². The lowest BCUT2D eigenvalue weighted by atomic mass is 10.1. The third-order valence-corrected chi connectivity index (χ3v) is 3.91. The van der Waals surface area contributed by atoms with Crippen LogP contribution in [0.1, 0.15) is 33.6 Å². The molecule has 2 rings (SSSR count). The van der Waals surface area contributed by atoms with E-state index in [4.69, 9.17) is 28.3 Å². The summed E-state index contributed by atoms with van der Waals surface area (Å²) in [6.07, 6.45) is -0.885. The number of nitrogens with zero attached hydrogens (tertiary/aromatic N) is 1. The van der Waals surface area contributed by atoms with Gasteiger partial charge in [-0.1, -0.05) is 23.2 Å². The van der Waals surface area contributed by atoms with Crippen LogP contribution in [0.4, 0.5) is 0 Å². The number of rotatable bonds is 5. The van der Waals surface area contributed by atoms with Crippen LogP contribution in [0.3, 0.4) is 0 Å². The Morgan fingerprint density at radius 3 is 1.86 bits per heavy atom. The Morgan fingerprint density at radius 2 is 1.50 bits per heavy atom. The Balaban J connectivity index is 2.40. The maximum Gasteiger partial charge on any atom is 0.326 e. The van der Waals surface area contributed by atoms with Crippen molar-refractivity contribution in [1.29, 1.82) is 0 Å². The highest BCUT2D eigenvalue weighted by Crippen LogP contribution is 2.33. The fourth-order valence-corrected chi connectivity index (χ4v) is 2.49. The second-order valence-corrected chi connectivity index (χ2v) is 5.39. The molecule has 2 N–H and O–H groups in total. The van der Waals surface area contributed by atoms with Gasteiger partial charge in [0.15, 0.2) is 0 Å². The molecule has 0 radical (unpaired) electrons. The van der Waals surface area contributed by atoms with Gasteiger partial charge in [0.1, 0.15) is 6.04 Å². The molecule has 0 saturated carbocycles. The number of hydrogen-bond donors (Lipinski definition) is 2. The summed E-state index contributed by atoms with van der Waals surface area (Å²) in [4.78, 5) is 46.9. The third kappa shape index (κ3) is 2.77. The minimum absolute atomic E-state index is 0.0547. The molecule has 9 heteroatoms. The maximum atomic E-state index is 12.3. The van der Waals surface area contributed by atoms with Crippen molar-refractivity contribution in [2.24, 2.45) is 0 Å². The lowest BCUT2D eigenvalue weighted by Crippen LogP contribution is -2.45. The second kappa shape index (κ2) is 5.94. The van der Waals surface area contributed by atoms with E-state index in [-0.39, 0.29) is 21.2 Å². The molecular formula is C13H9Cl2NO6. The van der Waals surface area contributed by atoms with Gasteiger partial charge < -0.3 is 10.2 Å². The topological polar surface area (TPSA) is 112 Å². The average molecular weight is 346 g/mol. The number of carboxylic acids is 2. The van der Waals surface area contributed by atoms with Crippen LogP contribution in [0.15, 0.2) is 12.1 Å². The van der Waals surface area contributed by atoms with Crippen molar-refractivity contribution in [2.45, 2.75) is 18.9 Å². The van der Waals surface area contributed by atoms with Crippen LogP contribution in [-0.4, -0.2) is 44.9 Å². The second-order valence-electron chi connectivity index (χ2n) is 4.58. The lowest BCUT2D eigenvalue weighted by molar-refractivity contribution is -0.142. The summed E-state index contributed by atoms with van der Waals surface area (Å²) in [7, 11) is 0. The number of aliphatic carboxylic acids is 2. The fraction of sp³-hybridized carbons (Fsp3) is 0.231. The van der Waals surface area contributed by atoms with Gasteiger partial charge in [0.2, 0.25) is 0 Å². The number of fused-ring (bicyclic) bond motifs is 1. The van der Waals surface area contributed by atoms with Gasteiger partial charge in [-0.3, -0.25) is 19.3 Å². The van der Waals surface area contributed by atoms with Crippen molar-refractivity contribution in [3.05, 3.63) is 33.3 Å². The number of carbonyl (C=O) groups is 4. The molecule has 0 bridgehead atoms. The van der Waals surface area contributed by atoms with Gasteiger partial charge >= 0.3 is 11.9 Å². The number of halogens is 2. The van der Waals surface area contributed by atoms with Gasteiger partial charge in [0.05, 0.1) is 21.2 Å². The van der Waals surface area contributed by atoms with Crippen LogP contribution in [0, 0.1) is 0 Å². The molecule has 1 heterocycles. The van der Waals surface area contributed by atoms with Crippen LogP contribution in [-0.2, 0) is 9.59 Å². The minimum atomic E-state index is -1.57. The molecular weight excluding hydrogens is 337 g/mol. The van der Waals surface area contributed by atoms with Crippen LogP contribution in [0.2, 0.25) is 10.0 Å². The zero-order valence-corrected chi connectivity index (χ0v) is 12.4. The van der Waals surface area contributed by atoms with E-state index in [1.165, 1.54) is 12.1 Å². The Hall–Kier alpha value is -2.12. The van der Waals surface area contributed by atoms with E-state index in [1.54, 1.807) is 0 Å². The average Bonchev–Trinajstić information content (AvgIpc) is 2.64. The van der Waals surface area contributed by atoms with Crippen LogP contribution in [0.25, 0.3) is 0 Å². The van der Waals surface area contributed by atoms with E-state index in [9.17, 15) is 24.3 Å². The first-order valence-electron chi connectivity index (χ1n) is 6.05. The van der Waals surface area contributed by atoms with E-state index in [0.717, 1.165) is 0 Å². The SMILES string of the molecule is O=C(O)CC[C@H](C(=O)O)N1C(=O)c2cc(Cl)c(Cl)cc2C1=O. The zero-order valence-electron chi connectivity index (χ0n) is 10.9. The largest absolute Gasteiger partial charge is 0.481 e. The molecule has 0 spiro atoms. The molecule has 0 saturated heterocycles. The summed E-state index contributed by atoms with van der Waals surface area (Å²) < 4.78 is 0. The van der Waals surface area contributed by atoms with Gasteiger partial charge in [0, 0.05) is 6.42 Å². The first kappa shape index (κ1) is 16.3. The molecule has 0 fully saturated rings. The monoisotopic (exact) mass is 345 g/mol. The van der Waals surface area contributed by atoms with E-state index >= 15 is 0 Å². The molecule has 116 valence electrons. The van der Waals surface area contributed by atoms with Gasteiger partial charge in [-0.2, -0.15) is 0 Å². The van der Waals surface area contributed by atoms with Crippen LogP contribution < -0.4 is 0 Å². The molecule has 1 aliphatic heterocycles. The Bertz CT molecular complexity index is 661. The van der Waals surface area contributed by atoms with E-state index in [2.05, 4.69) is 0 Å². The molecule has 1 aromatic rings. The molecule has 0 aromatic heterocycles. The third-order valence-electron chi connectivity index (χ3n) is 3.19. The Labute approximate surface area is 134 Å². The van der Waals surface area contributed by atoms with E-state index in [1.807, 2.05) is 0 Å². The van der Waals surface area contributed by atoms with Crippen molar-refractivity contribution in [3.8, 4) is 0 Å². The summed E-state index contributed by atoms with van der Waals surface area (Å²) in [5, 5.41) is 17.9. The van der Waals surface area contributed by atoms with E-state index < -0.39 is 42.6 Å². The lowest BCUT2D eigenvalue weighted by Gasteiger charge is -2.21. The number of hydrogen-bond acceptors (Lipinski definition) is 4. The number of amides is 2.